The number of aromatic hydroxyl groups is 1. The van der Waals surface area contributed by atoms with Crippen LogP contribution in [0.25, 0.3) is 10.8 Å². The maximum absolute atomic E-state index is 9.84. The maximum Gasteiger partial charge on any atom is 0.116 e. The molecule has 0 aliphatic heterocycles. The fourth-order valence-electron chi connectivity index (χ4n) is 3.13. The Balaban J connectivity index is 2.25. The molecule has 1 heteroatoms. The van der Waals surface area contributed by atoms with Crippen LogP contribution < -0.4 is 0 Å². The fourth-order valence-corrected chi connectivity index (χ4v) is 3.13. The lowest BCUT2D eigenvalue weighted by Crippen LogP contribution is -2.07. The molecule has 0 aromatic heterocycles. The predicted octanol–water partition coefficient (Wildman–Crippen LogP) is 4.23. The highest BCUT2D eigenvalue weighted by molar-refractivity contribution is 5.92. The Kier molecular flexibility index (Phi) is 2.36. The Hall–Kier alpha value is -1.50. The second-order valence-electron chi connectivity index (χ2n) is 5.25. The molecule has 0 amide bonds. The molecule has 0 saturated carbocycles. The van der Waals surface area contributed by atoms with Crippen molar-refractivity contribution in [2.24, 2.45) is 5.92 Å². The van der Waals surface area contributed by atoms with Gasteiger partial charge in [-0.1, -0.05) is 38.5 Å². The van der Waals surface area contributed by atoms with E-state index in [0.29, 0.717) is 17.6 Å². The van der Waals surface area contributed by atoms with E-state index in [1.54, 1.807) is 0 Å². The molecule has 0 heterocycles. The van der Waals surface area contributed by atoms with Crippen LogP contribution in [0.5, 0.6) is 5.75 Å². The summed E-state index contributed by atoms with van der Waals surface area (Å²) in [5.74, 6) is 1.65. The lowest BCUT2D eigenvalue weighted by atomic mass is 9.86. The fraction of sp³-hybridized carbons (Fsp3) is 0.375. The number of hydrogen-bond donors (Lipinski definition) is 1. The van der Waals surface area contributed by atoms with Crippen LogP contribution in [0.1, 0.15) is 37.3 Å². The molecule has 2 aromatic rings. The molecule has 2 aromatic carbocycles. The first-order chi connectivity index (χ1) is 8.20. The third-order valence-electron chi connectivity index (χ3n) is 4.25. The maximum atomic E-state index is 9.84. The molecule has 88 valence electrons. The van der Waals surface area contributed by atoms with Crippen molar-refractivity contribution < 1.29 is 5.11 Å². The minimum Gasteiger partial charge on any atom is -0.508 e. The summed E-state index contributed by atoms with van der Waals surface area (Å²) >= 11 is 0. The van der Waals surface area contributed by atoms with Crippen LogP contribution in [0.2, 0.25) is 0 Å². The van der Waals surface area contributed by atoms with E-state index >= 15 is 0 Å². The van der Waals surface area contributed by atoms with E-state index < -0.39 is 0 Å². The molecule has 1 aliphatic rings. The summed E-state index contributed by atoms with van der Waals surface area (Å²) in [5.41, 5.74) is 2.80. The van der Waals surface area contributed by atoms with Gasteiger partial charge in [-0.05, 0) is 52.3 Å². The van der Waals surface area contributed by atoms with Gasteiger partial charge in [0.2, 0.25) is 0 Å². The molecular formula is C16H18O. The highest BCUT2D eigenvalue weighted by Crippen LogP contribution is 2.44. The molecule has 1 nitrogen and oxygen atoms in total. The van der Waals surface area contributed by atoms with E-state index in [-0.39, 0.29) is 0 Å². The molecule has 2 atom stereocenters. The van der Waals surface area contributed by atoms with Gasteiger partial charge in [-0.2, -0.15) is 0 Å². The highest BCUT2D eigenvalue weighted by atomic mass is 16.3. The van der Waals surface area contributed by atoms with Gasteiger partial charge in [0.05, 0.1) is 0 Å². The molecule has 0 saturated heterocycles. The molecule has 17 heavy (non-hydrogen) atoms. The first-order valence-corrected chi connectivity index (χ1v) is 6.45. The zero-order valence-electron chi connectivity index (χ0n) is 10.4. The molecule has 0 spiro atoms. The molecule has 2 unspecified atom stereocenters. The Morgan fingerprint density at radius 2 is 2.18 bits per heavy atom. The van der Waals surface area contributed by atoms with Crippen LogP contribution in [-0.2, 0) is 6.42 Å². The van der Waals surface area contributed by atoms with E-state index in [9.17, 15) is 5.11 Å². The zero-order valence-corrected chi connectivity index (χ0v) is 10.4. The van der Waals surface area contributed by atoms with E-state index in [0.717, 1.165) is 6.42 Å². The van der Waals surface area contributed by atoms with E-state index in [2.05, 4.69) is 32.0 Å². The van der Waals surface area contributed by atoms with Crippen molar-refractivity contribution in [2.75, 3.05) is 0 Å². The van der Waals surface area contributed by atoms with Crippen molar-refractivity contribution in [1.82, 2.24) is 0 Å². The summed E-state index contributed by atoms with van der Waals surface area (Å²) in [6.45, 7) is 4.56. The van der Waals surface area contributed by atoms with Crippen molar-refractivity contribution in [3.05, 3.63) is 41.5 Å². The molecule has 1 aliphatic carbocycles. The van der Waals surface area contributed by atoms with Gasteiger partial charge in [-0.3, -0.25) is 0 Å². The van der Waals surface area contributed by atoms with E-state index in [4.69, 9.17) is 0 Å². The van der Waals surface area contributed by atoms with Crippen LogP contribution in [-0.4, -0.2) is 5.11 Å². The molecule has 3 rings (SSSR count). The van der Waals surface area contributed by atoms with Crippen LogP contribution in [0.4, 0.5) is 0 Å². The summed E-state index contributed by atoms with van der Waals surface area (Å²) in [5, 5.41) is 12.4. The van der Waals surface area contributed by atoms with E-state index in [1.807, 2.05) is 12.1 Å². The molecule has 1 N–H and O–H groups in total. The van der Waals surface area contributed by atoms with Crippen molar-refractivity contribution in [3.8, 4) is 5.75 Å². The van der Waals surface area contributed by atoms with Crippen molar-refractivity contribution in [3.63, 3.8) is 0 Å². The minimum absolute atomic E-state index is 0.403. The average molecular weight is 226 g/mol. The van der Waals surface area contributed by atoms with Gasteiger partial charge in [-0.25, -0.2) is 0 Å². The molecule has 0 radical (unpaired) electrons. The Morgan fingerprint density at radius 1 is 1.35 bits per heavy atom. The monoisotopic (exact) mass is 226 g/mol. The number of hydrogen-bond acceptors (Lipinski definition) is 1. The van der Waals surface area contributed by atoms with Crippen LogP contribution in [0, 0.1) is 5.92 Å². The van der Waals surface area contributed by atoms with Gasteiger partial charge in [0, 0.05) is 0 Å². The summed E-state index contributed by atoms with van der Waals surface area (Å²) in [6.07, 6.45) is 2.32. The summed E-state index contributed by atoms with van der Waals surface area (Å²) in [7, 11) is 0. The lowest BCUT2D eigenvalue weighted by Gasteiger charge is -2.18. The third kappa shape index (κ3) is 1.53. The third-order valence-corrected chi connectivity index (χ3v) is 4.25. The van der Waals surface area contributed by atoms with Gasteiger partial charge >= 0.3 is 0 Å². The largest absolute Gasteiger partial charge is 0.508 e. The van der Waals surface area contributed by atoms with Crippen LogP contribution in [0.3, 0.4) is 0 Å². The van der Waals surface area contributed by atoms with Crippen molar-refractivity contribution >= 4 is 10.8 Å². The number of phenols is 1. The van der Waals surface area contributed by atoms with Gasteiger partial charge < -0.3 is 5.11 Å². The lowest BCUT2D eigenvalue weighted by molar-refractivity contribution is 0.447. The van der Waals surface area contributed by atoms with Gasteiger partial charge in [0.15, 0.2) is 0 Å². The molecule has 0 bridgehead atoms. The second kappa shape index (κ2) is 3.76. The Morgan fingerprint density at radius 3 is 2.94 bits per heavy atom. The molecule has 0 fully saturated rings. The minimum atomic E-state index is 0.403. The second-order valence-corrected chi connectivity index (χ2v) is 5.25. The Labute approximate surface area is 102 Å². The number of rotatable bonds is 2. The van der Waals surface area contributed by atoms with Crippen LogP contribution >= 0.6 is 0 Å². The predicted molar refractivity (Wildman–Crippen MR) is 71.5 cm³/mol. The number of benzene rings is 2. The summed E-state index contributed by atoms with van der Waals surface area (Å²) in [4.78, 5) is 0. The Bertz CT molecular complexity index is 571. The zero-order chi connectivity index (χ0) is 12.0. The van der Waals surface area contributed by atoms with Crippen LogP contribution in [0.15, 0.2) is 30.3 Å². The van der Waals surface area contributed by atoms with Gasteiger partial charge in [0.25, 0.3) is 0 Å². The smallest absolute Gasteiger partial charge is 0.116 e. The number of phenolic OH excluding ortho intramolecular Hbond substituents is 1. The topological polar surface area (TPSA) is 20.2 Å². The van der Waals surface area contributed by atoms with Gasteiger partial charge in [0.1, 0.15) is 5.75 Å². The summed E-state index contributed by atoms with van der Waals surface area (Å²) < 4.78 is 0. The van der Waals surface area contributed by atoms with Crippen molar-refractivity contribution in [2.45, 2.75) is 32.6 Å². The highest BCUT2D eigenvalue weighted by Gasteiger charge is 2.28. The first kappa shape index (κ1) is 10.6. The average Bonchev–Trinajstić information content (AvgIpc) is 2.69. The molecular weight excluding hydrogens is 208 g/mol. The summed E-state index contributed by atoms with van der Waals surface area (Å²) in [6, 6.07) is 10.3. The normalized spacial score (nSPS) is 19.8. The SMILES string of the molecule is CCC(C)C1Cc2cccc3cc(O)cc1c23. The van der Waals surface area contributed by atoms with Gasteiger partial charge in [-0.15, -0.1) is 0 Å². The quantitative estimate of drug-likeness (QED) is 0.812. The first-order valence-electron chi connectivity index (χ1n) is 6.45. The standard InChI is InChI=1S/C16H18O/c1-3-10(2)14-8-12-6-4-5-11-7-13(17)9-15(14)16(11)12/h4-7,9-10,14,17H,3,8H2,1-2H3. The van der Waals surface area contributed by atoms with Crippen molar-refractivity contribution in [1.29, 1.82) is 0 Å². The van der Waals surface area contributed by atoms with E-state index in [1.165, 1.54) is 28.3 Å².